The average Bonchev–Trinajstić information content (AvgIpc) is 2.99. The van der Waals surface area contributed by atoms with Gasteiger partial charge >= 0.3 is 5.97 Å². The zero-order valence-electron chi connectivity index (χ0n) is 16.0. The fourth-order valence-corrected chi connectivity index (χ4v) is 6.48. The van der Waals surface area contributed by atoms with E-state index in [0.29, 0.717) is 16.5 Å². The summed E-state index contributed by atoms with van der Waals surface area (Å²) in [6.07, 6.45) is 1.28. The number of aromatic hydroxyl groups is 1. The first-order valence-corrected chi connectivity index (χ1v) is 10.6. The predicted octanol–water partition coefficient (Wildman–Crippen LogP) is 4.48. The van der Waals surface area contributed by atoms with Crippen molar-refractivity contribution in [2.45, 2.75) is 52.1 Å². The molecule has 0 heterocycles. The van der Waals surface area contributed by atoms with Crippen molar-refractivity contribution in [1.29, 1.82) is 0 Å². The average molecular weight is 504 g/mol. The molecule has 0 bridgehead atoms. The Bertz CT molecular complexity index is 850. The van der Waals surface area contributed by atoms with Crippen molar-refractivity contribution in [1.82, 2.24) is 0 Å². The number of benzene rings is 1. The van der Waals surface area contributed by atoms with Gasteiger partial charge in [-0.05, 0) is 64.6 Å². The molecular formula is C20H24Br2O5. The van der Waals surface area contributed by atoms with Crippen LogP contribution in [-0.2, 0) is 9.53 Å². The molecule has 0 radical (unpaired) electrons. The molecule has 27 heavy (non-hydrogen) atoms. The third-order valence-corrected chi connectivity index (χ3v) is 8.74. The number of hydrogen-bond donors (Lipinski definition) is 2. The van der Waals surface area contributed by atoms with E-state index in [9.17, 15) is 19.8 Å². The SMILES string of the molecule is COC(=O)[C@]1(O)C(=O)c2c(O)c(Br)c(C)c(Br)c2[C@H]2[C@@H](C(C)C)CC[C@]21C. The molecule has 0 amide bonds. The summed E-state index contributed by atoms with van der Waals surface area (Å²) in [4.78, 5) is 26.1. The third-order valence-electron chi connectivity index (χ3n) is 6.75. The van der Waals surface area contributed by atoms with Gasteiger partial charge in [0.05, 0.1) is 17.1 Å². The van der Waals surface area contributed by atoms with E-state index in [1.165, 1.54) is 0 Å². The molecule has 2 N–H and O–H groups in total. The van der Waals surface area contributed by atoms with Crippen LogP contribution in [0, 0.1) is 24.2 Å². The van der Waals surface area contributed by atoms with Gasteiger partial charge in [-0.3, -0.25) is 4.79 Å². The van der Waals surface area contributed by atoms with Crippen LogP contribution in [0.25, 0.3) is 0 Å². The van der Waals surface area contributed by atoms with E-state index in [1.807, 2.05) is 6.92 Å². The molecular weight excluding hydrogens is 480 g/mol. The smallest absolute Gasteiger partial charge is 0.346 e. The molecule has 0 aliphatic heterocycles. The maximum atomic E-state index is 13.4. The minimum Gasteiger partial charge on any atom is -0.506 e. The lowest BCUT2D eigenvalue weighted by molar-refractivity contribution is -0.171. The highest BCUT2D eigenvalue weighted by Crippen LogP contribution is 2.66. The Morgan fingerprint density at radius 3 is 2.41 bits per heavy atom. The van der Waals surface area contributed by atoms with E-state index in [1.54, 1.807) is 6.92 Å². The van der Waals surface area contributed by atoms with Gasteiger partial charge in [0.2, 0.25) is 11.4 Å². The van der Waals surface area contributed by atoms with Gasteiger partial charge in [-0.15, -0.1) is 0 Å². The van der Waals surface area contributed by atoms with Crippen LogP contribution >= 0.6 is 31.9 Å². The second-order valence-corrected chi connectivity index (χ2v) is 9.85. The Morgan fingerprint density at radius 2 is 1.89 bits per heavy atom. The summed E-state index contributed by atoms with van der Waals surface area (Å²) in [5, 5.41) is 22.3. The van der Waals surface area contributed by atoms with Gasteiger partial charge in [0, 0.05) is 9.89 Å². The van der Waals surface area contributed by atoms with Crippen molar-refractivity contribution < 1.29 is 24.5 Å². The minimum absolute atomic E-state index is 0.00211. The lowest BCUT2D eigenvalue weighted by Gasteiger charge is -2.49. The highest BCUT2D eigenvalue weighted by Gasteiger charge is 2.70. The Balaban J connectivity index is 2.46. The maximum Gasteiger partial charge on any atom is 0.346 e. The molecule has 0 aromatic heterocycles. The maximum absolute atomic E-state index is 13.4. The number of fused-ring (bicyclic) bond motifs is 3. The number of esters is 1. The first kappa shape index (κ1) is 20.8. The zero-order valence-corrected chi connectivity index (χ0v) is 19.2. The lowest BCUT2D eigenvalue weighted by atomic mass is 9.55. The molecule has 0 saturated heterocycles. The first-order valence-electron chi connectivity index (χ1n) is 9.01. The summed E-state index contributed by atoms with van der Waals surface area (Å²) in [5.41, 5.74) is -1.89. The molecule has 0 unspecified atom stereocenters. The molecule has 1 saturated carbocycles. The third kappa shape index (κ3) is 2.43. The van der Waals surface area contributed by atoms with Crippen LogP contribution in [0.3, 0.4) is 0 Å². The van der Waals surface area contributed by atoms with Crippen LogP contribution < -0.4 is 0 Å². The van der Waals surface area contributed by atoms with E-state index in [0.717, 1.165) is 23.6 Å². The summed E-state index contributed by atoms with van der Waals surface area (Å²) < 4.78 is 5.96. The Kier molecular flexibility index (Phi) is 5.06. The number of methoxy groups -OCH3 is 1. The standard InChI is InChI=1S/C20H24Br2O5/c1-8(2)10-6-7-19(4)13(10)11-12(16(23)15(22)9(3)14(11)21)17(24)20(19,26)18(25)27-5/h8,10,13,23,26H,6-7H2,1-5H3/t10-,13-,19-,20-/m1/s1. The molecule has 5 nitrogen and oxygen atoms in total. The van der Waals surface area contributed by atoms with Crippen molar-refractivity contribution in [3.05, 3.63) is 25.6 Å². The molecule has 0 spiro atoms. The molecule has 1 aromatic rings. The normalized spacial score (nSPS) is 32.4. The van der Waals surface area contributed by atoms with Crippen molar-refractivity contribution >= 4 is 43.6 Å². The van der Waals surface area contributed by atoms with E-state index in [4.69, 9.17) is 4.74 Å². The van der Waals surface area contributed by atoms with Crippen molar-refractivity contribution in [3.8, 4) is 5.75 Å². The summed E-state index contributed by atoms with van der Waals surface area (Å²) >= 11 is 6.94. The number of aliphatic hydroxyl groups is 1. The minimum atomic E-state index is -2.34. The van der Waals surface area contributed by atoms with Crippen LogP contribution in [0.1, 0.15) is 61.0 Å². The molecule has 1 fully saturated rings. The number of ketones is 1. The Labute approximate surface area is 175 Å². The Morgan fingerprint density at radius 1 is 1.30 bits per heavy atom. The summed E-state index contributed by atoms with van der Waals surface area (Å²) in [7, 11) is 1.16. The van der Waals surface area contributed by atoms with Crippen molar-refractivity contribution in [2.75, 3.05) is 7.11 Å². The summed E-state index contributed by atoms with van der Waals surface area (Å²) in [5.74, 6) is -1.86. The number of Topliss-reactive ketones (excluding diaryl/α,β-unsaturated/α-hetero) is 1. The van der Waals surface area contributed by atoms with Gasteiger partial charge in [0.1, 0.15) is 5.75 Å². The van der Waals surface area contributed by atoms with E-state index < -0.39 is 22.8 Å². The molecule has 2 aliphatic rings. The zero-order chi connectivity index (χ0) is 20.5. The second-order valence-electron chi connectivity index (χ2n) is 8.26. The number of rotatable bonds is 2. The first-order chi connectivity index (χ1) is 12.4. The van der Waals surface area contributed by atoms with Gasteiger partial charge < -0.3 is 14.9 Å². The van der Waals surface area contributed by atoms with Gasteiger partial charge in [-0.1, -0.05) is 36.7 Å². The fraction of sp³-hybridized carbons (Fsp3) is 0.600. The number of carbonyl (C=O) groups excluding carboxylic acids is 2. The van der Waals surface area contributed by atoms with Gasteiger partial charge in [-0.2, -0.15) is 0 Å². The largest absolute Gasteiger partial charge is 0.506 e. The molecule has 2 aliphatic carbocycles. The van der Waals surface area contributed by atoms with E-state index in [2.05, 4.69) is 45.7 Å². The number of hydrogen-bond acceptors (Lipinski definition) is 5. The highest BCUT2D eigenvalue weighted by molar-refractivity contribution is 9.11. The van der Waals surface area contributed by atoms with Crippen molar-refractivity contribution in [2.24, 2.45) is 17.3 Å². The second kappa shape index (κ2) is 6.56. The fourth-order valence-electron chi connectivity index (χ4n) is 5.18. The molecule has 148 valence electrons. The molecule has 4 atom stereocenters. The van der Waals surface area contributed by atoms with Gasteiger partial charge in [0.15, 0.2) is 0 Å². The van der Waals surface area contributed by atoms with Gasteiger partial charge in [0.25, 0.3) is 0 Å². The Hall–Kier alpha value is -0.920. The number of ether oxygens (including phenoxy) is 1. The van der Waals surface area contributed by atoms with E-state index in [-0.39, 0.29) is 29.1 Å². The van der Waals surface area contributed by atoms with Crippen LogP contribution in [0.4, 0.5) is 0 Å². The summed E-state index contributed by atoms with van der Waals surface area (Å²) in [6.45, 7) is 7.83. The number of phenols is 1. The van der Waals surface area contributed by atoms with Gasteiger partial charge in [-0.25, -0.2) is 4.79 Å². The summed E-state index contributed by atoms with van der Waals surface area (Å²) in [6, 6.07) is 0. The predicted molar refractivity (Wildman–Crippen MR) is 108 cm³/mol. The lowest BCUT2D eigenvalue weighted by Crippen LogP contribution is -2.63. The van der Waals surface area contributed by atoms with Crippen LogP contribution in [-0.4, -0.2) is 34.7 Å². The van der Waals surface area contributed by atoms with Crippen molar-refractivity contribution in [3.63, 3.8) is 0 Å². The highest BCUT2D eigenvalue weighted by atomic mass is 79.9. The topological polar surface area (TPSA) is 83.8 Å². The number of phenolic OH excluding ortho intramolecular Hbond substituents is 1. The molecule has 1 aromatic carbocycles. The quantitative estimate of drug-likeness (QED) is 0.459. The van der Waals surface area contributed by atoms with Crippen LogP contribution in [0.5, 0.6) is 5.75 Å². The number of carbonyl (C=O) groups is 2. The molecule has 7 heteroatoms. The van der Waals surface area contributed by atoms with E-state index >= 15 is 0 Å². The monoisotopic (exact) mass is 502 g/mol. The van der Waals surface area contributed by atoms with Crippen LogP contribution in [0.2, 0.25) is 0 Å². The molecule has 3 rings (SSSR count). The number of halogens is 2. The van der Waals surface area contributed by atoms with Crippen LogP contribution in [0.15, 0.2) is 8.95 Å².